The van der Waals surface area contributed by atoms with Crippen molar-refractivity contribution in [3.05, 3.63) is 27.5 Å². The van der Waals surface area contributed by atoms with Crippen molar-refractivity contribution in [2.75, 3.05) is 12.3 Å². The zero-order valence-electron chi connectivity index (χ0n) is 11.6. The van der Waals surface area contributed by atoms with Crippen LogP contribution >= 0.6 is 27.3 Å². The van der Waals surface area contributed by atoms with Crippen molar-refractivity contribution in [2.45, 2.75) is 32.2 Å². The molecule has 2 heterocycles. The number of carbonyl (C=O) groups is 1. The number of halogens is 1. The van der Waals surface area contributed by atoms with Crippen molar-refractivity contribution in [1.29, 1.82) is 0 Å². The fraction of sp³-hybridized carbons (Fsp3) is 0.400. The molecular weight excluding hydrogens is 336 g/mol. The van der Waals surface area contributed by atoms with Crippen molar-refractivity contribution < 1.29 is 4.79 Å². The number of carbonyl (C=O) groups excluding carboxylic acids is 1. The maximum atomic E-state index is 12.8. The molecule has 1 saturated heterocycles. The second-order valence-electron chi connectivity index (χ2n) is 5.86. The van der Waals surface area contributed by atoms with E-state index in [2.05, 4.69) is 29.8 Å². The topological polar surface area (TPSA) is 46.3 Å². The summed E-state index contributed by atoms with van der Waals surface area (Å²) in [6, 6.07) is 5.96. The SMILES string of the molecule is CC1(C)CCCN1C(=O)c1sc2ccc(Br)cc2c1N. The summed E-state index contributed by atoms with van der Waals surface area (Å²) in [5.41, 5.74) is 6.75. The van der Waals surface area contributed by atoms with Gasteiger partial charge in [0.15, 0.2) is 0 Å². The Hall–Kier alpha value is -1.07. The lowest BCUT2D eigenvalue weighted by atomic mass is 10.0. The highest BCUT2D eigenvalue weighted by atomic mass is 79.9. The zero-order chi connectivity index (χ0) is 14.5. The van der Waals surface area contributed by atoms with Gasteiger partial charge in [-0.25, -0.2) is 0 Å². The average Bonchev–Trinajstić information content (AvgIpc) is 2.90. The molecule has 0 unspecified atom stereocenters. The molecule has 0 spiro atoms. The molecule has 1 amide bonds. The van der Waals surface area contributed by atoms with Crippen LogP contribution in [0.2, 0.25) is 0 Å². The van der Waals surface area contributed by atoms with E-state index in [1.807, 2.05) is 23.1 Å². The van der Waals surface area contributed by atoms with E-state index >= 15 is 0 Å². The molecule has 0 aliphatic carbocycles. The summed E-state index contributed by atoms with van der Waals surface area (Å²) in [6.45, 7) is 5.07. The Morgan fingerprint density at radius 3 is 2.85 bits per heavy atom. The number of anilines is 1. The number of benzene rings is 1. The number of nitrogen functional groups attached to an aromatic ring is 1. The minimum Gasteiger partial charge on any atom is -0.397 e. The fourth-order valence-corrected chi connectivity index (χ4v) is 4.27. The molecule has 1 aliphatic rings. The summed E-state index contributed by atoms with van der Waals surface area (Å²) >= 11 is 4.94. The van der Waals surface area contributed by atoms with Crippen LogP contribution < -0.4 is 5.73 Å². The molecule has 0 bridgehead atoms. The van der Waals surface area contributed by atoms with Gasteiger partial charge in [-0.05, 0) is 44.9 Å². The van der Waals surface area contributed by atoms with E-state index in [0.717, 1.165) is 33.9 Å². The molecule has 3 rings (SSSR count). The predicted octanol–water partition coefficient (Wildman–Crippen LogP) is 4.26. The van der Waals surface area contributed by atoms with Crippen LogP contribution in [0, 0.1) is 0 Å². The molecule has 5 heteroatoms. The Labute approximate surface area is 130 Å². The maximum absolute atomic E-state index is 12.8. The number of likely N-dealkylation sites (tertiary alicyclic amines) is 1. The number of nitrogens with zero attached hydrogens (tertiary/aromatic N) is 1. The zero-order valence-corrected chi connectivity index (χ0v) is 14.0. The number of fused-ring (bicyclic) bond motifs is 1. The summed E-state index contributed by atoms with van der Waals surface area (Å²) in [6.07, 6.45) is 2.12. The van der Waals surface area contributed by atoms with Crippen LogP contribution in [-0.4, -0.2) is 22.9 Å². The van der Waals surface area contributed by atoms with E-state index in [1.165, 1.54) is 11.3 Å². The van der Waals surface area contributed by atoms with Crippen molar-refractivity contribution in [2.24, 2.45) is 0 Å². The molecule has 2 N–H and O–H groups in total. The van der Waals surface area contributed by atoms with Gasteiger partial charge >= 0.3 is 0 Å². The number of nitrogens with two attached hydrogens (primary N) is 1. The number of rotatable bonds is 1. The first-order valence-corrected chi connectivity index (χ1v) is 8.30. The van der Waals surface area contributed by atoms with Crippen LogP contribution in [0.4, 0.5) is 5.69 Å². The van der Waals surface area contributed by atoms with Crippen molar-refractivity contribution in [3.8, 4) is 0 Å². The molecular formula is C15H17BrN2OS. The van der Waals surface area contributed by atoms with Gasteiger partial charge in [0.2, 0.25) is 0 Å². The lowest BCUT2D eigenvalue weighted by molar-refractivity contribution is 0.0658. The van der Waals surface area contributed by atoms with Gasteiger partial charge in [-0.3, -0.25) is 4.79 Å². The van der Waals surface area contributed by atoms with E-state index in [0.29, 0.717) is 10.6 Å². The van der Waals surface area contributed by atoms with Gasteiger partial charge in [-0.15, -0.1) is 11.3 Å². The Kier molecular flexibility index (Phi) is 3.29. The first-order valence-electron chi connectivity index (χ1n) is 6.70. The lowest BCUT2D eigenvalue weighted by Crippen LogP contribution is -2.42. The van der Waals surface area contributed by atoms with Gasteiger partial charge < -0.3 is 10.6 Å². The molecule has 1 aliphatic heterocycles. The molecule has 1 fully saturated rings. The lowest BCUT2D eigenvalue weighted by Gasteiger charge is -2.31. The standard InChI is InChI=1S/C15H17BrN2OS/c1-15(2)6-3-7-18(15)14(19)13-12(17)10-8-9(16)4-5-11(10)20-13/h4-5,8H,3,6-7,17H2,1-2H3. The van der Waals surface area contributed by atoms with Gasteiger partial charge in [0, 0.05) is 26.6 Å². The largest absolute Gasteiger partial charge is 0.397 e. The molecule has 2 aromatic rings. The second kappa shape index (κ2) is 4.74. The summed E-state index contributed by atoms with van der Waals surface area (Å²) in [4.78, 5) is 15.4. The molecule has 20 heavy (non-hydrogen) atoms. The first-order chi connectivity index (χ1) is 9.40. The van der Waals surface area contributed by atoms with Crippen molar-refractivity contribution in [1.82, 2.24) is 4.90 Å². The van der Waals surface area contributed by atoms with Crippen molar-refractivity contribution in [3.63, 3.8) is 0 Å². The molecule has 3 nitrogen and oxygen atoms in total. The highest BCUT2D eigenvalue weighted by Gasteiger charge is 2.37. The van der Waals surface area contributed by atoms with Gasteiger partial charge in [0.1, 0.15) is 4.88 Å². The third-order valence-corrected chi connectivity index (χ3v) is 5.70. The summed E-state index contributed by atoms with van der Waals surface area (Å²) in [5, 5.41) is 0.963. The van der Waals surface area contributed by atoms with E-state index < -0.39 is 0 Å². The highest BCUT2D eigenvalue weighted by Crippen LogP contribution is 2.38. The van der Waals surface area contributed by atoms with Crippen LogP contribution in [0.1, 0.15) is 36.4 Å². The molecule has 0 saturated carbocycles. The molecule has 0 atom stereocenters. The van der Waals surface area contributed by atoms with E-state index in [4.69, 9.17) is 5.73 Å². The van der Waals surface area contributed by atoms with Crippen LogP contribution in [-0.2, 0) is 0 Å². The van der Waals surface area contributed by atoms with E-state index in [9.17, 15) is 4.79 Å². The average molecular weight is 353 g/mol. The third-order valence-electron chi connectivity index (χ3n) is 4.03. The van der Waals surface area contributed by atoms with E-state index in [-0.39, 0.29) is 11.4 Å². The predicted molar refractivity (Wildman–Crippen MR) is 88.3 cm³/mol. The number of thiophene rings is 1. The smallest absolute Gasteiger partial charge is 0.266 e. The number of hydrogen-bond donors (Lipinski definition) is 1. The Bertz CT molecular complexity index is 692. The van der Waals surface area contributed by atoms with Gasteiger partial charge in [-0.2, -0.15) is 0 Å². The van der Waals surface area contributed by atoms with E-state index in [1.54, 1.807) is 0 Å². The van der Waals surface area contributed by atoms with Gasteiger partial charge in [0.25, 0.3) is 5.91 Å². The Morgan fingerprint density at radius 1 is 1.45 bits per heavy atom. The van der Waals surface area contributed by atoms with Crippen LogP contribution in [0.5, 0.6) is 0 Å². The molecule has 1 aromatic carbocycles. The van der Waals surface area contributed by atoms with Crippen LogP contribution in [0.3, 0.4) is 0 Å². The normalized spacial score (nSPS) is 17.9. The van der Waals surface area contributed by atoms with Gasteiger partial charge in [0.05, 0.1) is 5.69 Å². The first kappa shape index (κ1) is 13.9. The minimum absolute atomic E-state index is 0.0692. The fourth-order valence-electron chi connectivity index (χ4n) is 2.85. The third kappa shape index (κ3) is 2.13. The highest BCUT2D eigenvalue weighted by molar-refractivity contribution is 9.10. The van der Waals surface area contributed by atoms with Crippen LogP contribution in [0.25, 0.3) is 10.1 Å². The Morgan fingerprint density at radius 2 is 2.20 bits per heavy atom. The summed E-state index contributed by atoms with van der Waals surface area (Å²) in [7, 11) is 0. The quantitative estimate of drug-likeness (QED) is 0.833. The molecule has 1 aromatic heterocycles. The minimum atomic E-state index is -0.0692. The monoisotopic (exact) mass is 352 g/mol. The maximum Gasteiger partial charge on any atom is 0.266 e. The summed E-state index contributed by atoms with van der Waals surface area (Å²) < 4.78 is 2.04. The van der Waals surface area contributed by atoms with Crippen LogP contribution in [0.15, 0.2) is 22.7 Å². The number of hydrogen-bond acceptors (Lipinski definition) is 3. The summed E-state index contributed by atoms with van der Waals surface area (Å²) in [5.74, 6) is 0.0716. The molecule has 106 valence electrons. The van der Waals surface area contributed by atoms with Gasteiger partial charge in [-0.1, -0.05) is 15.9 Å². The Balaban J connectivity index is 2.06. The number of amides is 1. The van der Waals surface area contributed by atoms with Crippen molar-refractivity contribution >= 4 is 48.9 Å². The second-order valence-corrected chi connectivity index (χ2v) is 7.83. The molecule has 0 radical (unpaired) electrons.